The van der Waals surface area contributed by atoms with Crippen molar-refractivity contribution in [1.29, 1.82) is 0 Å². The van der Waals surface area contributed by atoms with Gasteiger partial charge in [-0.25, -0.2) is 0 Å². The van der Waals surface area contributed by atoms with Gasteiger partial charge in [0.15, 0.2) is 54.3 Å². The first-order valence-corrected chi connectivity index (χ1v) is 36.2. The van der Waals surface area contributed by atoms with Crippen molar-refractivity contribution in [3.8, 4) is 11.1 Å². The van der Waals surface area contributed by atoms with Crippen LogP contribution in [-0.2, 0) is 114 Å². The smallest absolute Gasteiger partial charge is 0.399 e. The Hall–Kier alpha value is -1.06. The first-order valence-electron chi connectivity index (χ1n) is 30.6. The van der Waals surface area contributed by atoms with E-state index in [9.17, 15) is 0 Å². The molecule has 514 valence electrons. The van der Waals surface area contributed by atoms with E-state index < -0.39 is 26.4 Å². The number of fused-ring (bicyclic) bond motifs is 3. The van der Waals surface area contributed by atoms with Crippen LogP contribution in [0.4, 0.5) is 0 Å². The van der Waals surface area contributed by atoms with Crippen molar-refractivity contribution in [2.24, 2.45) is 0 Å². The van der Waals surface area contributed by atoms with E-state index in [4.69, 9.17) is 114 Å². The average Bonchev–Trinajstić information content (AvgIpc) is 1.59. The summed E-state index contributed by atoms with van der Waals surface area (Å²) >= 11 is 7.73. The van der Waals surface area contributed by atoms with Crippen LogP contribution in [0.2, 0.25) is 12.1 Å². The predicted molar refractivity (Wildman–Crippen MR) is 345 cm³/mol. The largest absolute Gasteiger partial charge is 0.494 e. The molecule has 4 rings (SSSR count). The van der Waals surface area contributed by atoms with Crippen LogP contribution in [0.3, 0.4) is 0 Å². The van der Waals surface area contributed by atoms with Crippen molar-refractivity contribution in [2.75, 3.05) is 251 Å². The Bertz CT molecular complexity index is 1990. The molecule has 1 fully saturated rings. The quantitative estimate of drug-likeness (QED) is 0.0438. The van der Waals surface area contributed by atoms with E-state index in [-0.39, 0.29) is 67.9 Å². The highest BCUT2D eigenvalue weighted by molar-refractivity contribution is 9.10. The number of thioether (sulfide) groups is 2. The fraction of sp³-hybridized carbons (Fsp3) is 0.800. The van der Waals surface area contributed by atoms with Gasteiger partial charge in [0.05, 0.1) is 157 Å². The molecule has 0 spiro atoms. The van der Waals surface area contributed by atoms with Crippen LogP contribution < -0.4 is 15.8 Å². The summed E-state index contributed by atoms with van der Waals surface area (Å²) < 4.78 is 132. The minimum Gasteiger partial charge on any atom is -0.399 e. The molecule has 2 aromatic carbocycles. The number of methoxy groups -OCH3 is 2. The van der Waals surface area contributed by atoms with Crippen molar-refractivity contribution in [1.82, 2.24) is 0 Å². The standard InChI is InChI=1S/C60H104BBrO24S2Si/c1-59(2)60(3,4)86-61(85-59)53-9-11-55-56-12-10-54(62)42-58(56)89(57(55)41-53,40-8-36-88-38-34-75-44-77-46-79-48-81-50-83-52-84-51-82-49-80-47-78-45-76-43-64-6)39-7-35-87-37-33-74-32-31-73-30-29-72-28-27-71-26-25-70-24-23-69-22-21-68-20-19-67-18-17-66-16-15-65-14-13-63-5/h9-12,41-42H,7-8,13-40,43-52H2,1-6H3. The zero-order valence-corrected chi connectivity index (χ0v) is 58.0. The summed E-state index contributed by atoms with van der Waals surface area (Å²) in [5, 5.41) is 3.01. The van der Waals surface area contributed by atoms with Crippen molar-refractivity contribution in [3.63, 3.8) is 0 Å². The zero-order chi connectivity index (χ0) is 63.5. The van der Waals surface area contributed by atoms with Crippen LogP contribution in [0.15, 0.2) is 40.9 Å². The predicted octanol–water partition coefficient (Wildman–Crippen LogP) is 5.74. The van der Waals surface area contributed by atoms with Gasteiger partial charge in [0.2, 0.25) is 0 Å². The van der Waals surface area contributed by atoms with E-state index in [1.807, 2.05) is 23.5 Å². The summed E-state index contributed by atoms with van der Waals surface area (Å²) in [5.41, 5.74) is 2.93. The second-order valence-electron chi connectivity index (χ2n) is 20.9. The summed E-state index contributed by atoms with van der Waals surface area (Å²) in [6, 6.07) is 16.1. The molecule has 2 heterocycles. The maximum atomic E-state index is 6.61. The number of rotatable bonds is 65. The number of benzene rings is 2. The fourth-order valence-electron chi connectivity index (χ4n) is 8.87. The number of hydrogen-bond donors (Lipinski definition) is 0. The number of ether oxygens (including phenoxy) is 22. The minimum atomic E-state index is -2.27. The van der Waals surface area contributed by atoms with Crippen LogP contribution in [0.1, 0.15) is 40.5 Å². The molecule has 0 aliphatic carbocycles. The number of hydrogen-bond acceptors (Lipinski definition) is 26. The molecule has 29 heteroatoms. The van der Waals surface area contributed by atoms with Gasteiger partial charge in [-0.05, 0) is 103 Å². The lowest BCUT2D eigenvalue weighted by molar-refractivity contribution is -0.231. The van der Waals surface area contributed by atoms with Gasteiger partial charge in [0, 0.05) is 30.2 Å². The SMILES string of the molecule is COCCOCCOCCOCCOCCOCCOCCOCCOCCOCCOCCSCCC[Si]1(CCCSCCOCOCOCOCOCOCOCOCOCOCOC)c2cc(Br)ccc2-c2ccc(B3OC(C)(C)C(C)(C)O3)cc21. The Morgan fingerprint density at radius 3 is 1.04 bits per heavy atom. The minimum absolute atomic E-state index is 0.00445. The molecule has 1 atom stereocenters. The monoisotopic (exact) mass is 1390 g/mol. The highest BCUT2D eigenvalue weighted by Crippen LogP contribution is 2.39. The maximum Gasteiger partial charge on any atom is 0.494 e. The Morgan fingerprint density at radius 2 is 0.674 bits per heavy atom. The summed E-state index contributed by atoms with van der Waals surface area (Å²) in [5.74, 6) is 3.88. The van der Waals surface area contributed by atoms with Gasteiger partial charge in [0.25, 0.3) is 0 Å². The van der Waals surface area contributed by atoms with Crippen molar-refractivity contribution < 1.29 is 114 Å². The topological polar surface area (TPSA) is 222 Å². The molecule has 2 aliphatic heterocycles. The Kier molecular flexibility index (Phi) is 48.0. The molecule has 1 unspecified atom stereocenters. The Labute approximate surface area is 547 Å². The van der Waals surface area contributed by atoms with E-state index in [2.05, 4.69) is 80.0 Å². The summed E-state index contributed by atoms with van der Waals surface area (Å²) in [6.07, 6.45) is 2.20. The lowest BCUT2D eigenvalue weighted by Gasteiger charge is -2.32. The summed E-state index contributed by atoms with van der Waals surface area (Å²) in [4.78, 5) is 0. The third-order valence-electron chi connectivity index (χ3n) is 13.9. The summed E-state index contributed by atoms with van der Waals surface area (Å²) in [7, 11) is 0.482. The van der Waals surface area contributed by atoms with Gasteiger partial charge in [-0.2, -0.15) is 23.5 Å². The molecule has 2 aromatic rings. The fourth-order valence-corrected chi connectivity index (χ4v) is 17.1. The highest BCUT2D eigenvalue weighted by Gasteiger charge is 2.53. The molecule has 0 N–H and O–H groups in total. The Balaban J connectivity index is 1.01. The molecule has 0 saturated carbocycles. The van der Waals surface area contributed by atoms with Crippen LogP contribution >= 0.6 is 39.5 Å². The van der Waals surface area contributed by atoms with Gasteiger partial charge in [-0.1, -0.05) is 40.2 Å². The van der Waals surface area contributed by atoms with E-state index >= 15 is 0 Å². The molecule has 0 radical (unpaired) electrons. The van der Waals surface area contributed by atoms with Crippen molar-refractivity contribution in [2.45, 2.75) is 63.8 Å². The van der Waals surface area contributed by atoms with Gasteiger partial charge in [0.1, 0.15) is 21.7 Å². The maximum absolute atomic E-state index is 6.61. The highest BCUT2D eigenvalue weighted by atomic mass is 79.9. The van der Waals surface area contributed by atoms with Crippen molar-refractivity contribution >= 4 is 70.5 Å². The molecule has 0 amide bonds. The zero-order valence-electron chi connectivity index (χ0n) is 53.8. The normalized spacial score (nSPS) is 15.9. The van der Waals surface area contributed by atoms with Gasteiger partial charge >= 0.3 is 7.12 Å². The lowest BCUT2D eigenvalue weighted by Crippen LogP contribution is -2.56. The molecular formula is C60H104BBrO24S2Si. The lowest BCUT2D eigenvalue weighted by atomic mass is 9.78. The van der Waals surface area contributed by atoms with Crippen molar-refractivity contribution in [3.05, 3.63) is 40.9 Å². The van der Waals surface area contributed by atoms with E-state index in [1.54, 1.807) is 7.11 Å². The Morgan fingerprint density at radius 1 is 0.360 bits per heavy atom. The van der Waals surface area contributed by atoms with Gasteiger partial charge in [-0.3, -0.25) is 0 Å². The molecule has 24 nitrogen and oxygen atoms in total. The van der Waals surface area contributed by atoms with Gasteiger partial charge < -0.3 is 114 Å². The molecule has 2 aliphatic rings. The molecule has 0 aromatic heterocycles. The van der Waals surface area contributed by atoms with Gasteiger partial charge in [-0.15, -0.1) is 0 Å². The molecular weight excluding hydrogens is 1290 g/mol. The first-order chi connectivity index (χ1) is 43.6. The van der Waals surface area contributed by atoms with E-state index in [1.165, 1.54) is 28.6 Å². The van der Waals surface area contributed by atoms with E-state index in [0.29, 0.717) is 145 Å². The van der Waals surface area contributed by atoms with Crippen LogP contribution in [0.5, 0.6) is 0 Å². The van der Waals surface area contributed by atoms with Crippen LogP contribution in [-0.4, -0.2) is 277 Å². The first kappa shape index (κ1) is 80.4. The number of halogens is 1. The molecule has 89 heavy (non-hydrogen) atoms. The van der Waals surface area contributed by atoms with E-state index in [0.717, 1.165) is 57.9 Å². The second-order valence-corrected chi connectivity index (χ2v) is 28.5. The third kappa shape index (κ3) is 36.0. The third-order valence-corrected chi connectivity index (χ3v) is 21.7. The van der Waals surface area contributed by atoms with Crippen LogP contribution in [0.25, 0.3) is 11.1 Å². The van der Waals surface area contributed by atoms with Crippen LogP contribution in [0, 0.1) is 0 Å². The second kappa shape index (κ2) is 53.1. The molecule has 1 saturated heterocycles. The summed E-state index contributed by atoms with van der Waals surface area (Å²) in [6.45, 7) is 20.4. The molecule has 0 bridgehead atoms. The average molecular weight is 1390 g/mol.